The van der Waals surface area contributed by atoms with Crippen LogP contribution >= 0.6 is 0 Å². The zero-order chi connectivity index (χ0) is 15.6. The van der Waals surface area contributed by atoms with Crippen LogP contribution in [0.5, 0.6) is 0 Å². The highest BCUT2D eigenvalue weighted by Crippen LogP contribution is 2.15. The number of hydrogen-bond acceptors (Lipinski definition) is 2. The van der Waals surface area contributed by atoms with E-state index in [4.69, 9.17) is 5.73 Å². The highest BCUT2D eigenvalue weighted by molar-refractivity contribution is 4.57. The summed E-state index contributed by atoms with van der Waals surface area (Å²) in [4.78, 5) is 0. The van der Waals surface area contributed by atoms with Gasteiger partial charge in [-0.15, -0.1) is 0 Å². The maximum atomic E-state index is 5.48. The summed E-state index contributed by atoms with van der Waals surface area (Å²) in [6, 6.07) is 0. The molecule has 0 spiro atoms. The Morgan fingerprint density at radius 1 is 0.714 bits per heavy atom. The van der Waals surface area contributed by atoms with Crippen molar-refractivity contribution in [2.75, 3.05) is 19.6 Å². The molecule has 0 saturated carbocycles. The molecule has 0 heterocycles. The Labute approximate surface area is 134 Å². The van der Waals surface area contributed by atoms with Crippen LogP contribution in [0.15, 0.2) is 0 Å². The van der Waals surface area contributed by atoms with Gasteiger partial charge in [0.2, 0.25) is 0 Å². The number of unbranched alkanes of at least 4 members (excludes halogenated alkanes) is 9. The summed E-state index contributed by atoms with van der Waals surface area (Å²) in [5, 5.41) is 3.48. The highest BCUT2D eigenvalue weighted by atomic mass is 14.8. The molecule has 0 aromatic heterocycles. The minimum absolute atomic E-state index is 0.807. The van der Waals surface area contributed by atoms with Crippen molar-refractivity contribution in [2.45, 2.75) is 97.3 Å². The van der Waals surface area contributed by atoms with Gasteiger partial charge in [0.25, 0.3) is 0 Å². The molecule has 0 amide bonds. The third-order valence-electron chi connectivity index (χ3n) is 4.42. The molecule has 1 unspecified atom stereocenters. The van der Waals surface area contributed by atoms with Crippen LogP contribution < -0.4 is 11.1 Å². The molecule has 0 bridgehead atoms. The van der Waals surface area contributed by atoms with Gasteiger partial charge in [-0.3, -0.25) is 0 Å². The molecule has 2 heteroatoms. The molecule has 21 heavy (non-hydrogen) atoms. The van der Waals surface area contributed by atoms with E-state index in [1.54, 1.807) is 0 Å². The Hall–Kier alpha value is -0.0800. The molecule has 0 aromatic rings. The predicted molar refractivity (Wildman–Crippen MR) is 96.8 cm³/mol. The van der Waals surface area contributed by atoms with E-state index in [9.17, 15) is 0 Å². The van der Waals surface area contributed by atoms with E-state index in [1.807, 2.05) is 0 Å². The van der Waals surface area contributed by atoms with E-state index in [1.165, 1.54) is 83.6 Å². The Kier molecular flexibility index (Phi) is 17.9. The molecular formula is C19H42N2. The van der Waals surface area contributed by atoms with E-state index in [2.05, 4.69) is 19.2 Å². The first-order chi connectivity index (χ1) is 10.3. The van der Waals surface area contributed by atoms with Crippen LogP contribution in [0.1, 0.15) is 97.3 Å². The third-order valence-corrected chi connectivity index (χ3v) is 4.42. The molecule has 3 N–H and O–H groups in total. The molecular weight excluding hydrogens is 256 g/mol. The van der Waals surface area contributed by atoms with Gasteiger partial charge >= 0.3 is 0 Å². The maximum absolute atomic E-state index is 5.48. The van der Waals surface area contributed by atoms with Crippen LogP contribution in [0.25, 0.3) is 0 Å². The van der Waals surface area contributed by atoms with Crippen LogP contribution in [-0.2, 0) is 0 Å². The number of nitrogens with two attached hydrogens (primary N) is 1. The molecule has 0 aliphatic carbocycles. The summed E-state index contributed by atoms with van der Waals surface area (Å²) in [6.07, 6.45) is 18.3. The lowest BCUT2D eigenvalue weighted by Gasteiger charge is -2.11. The van der Waals surface area contributed by atoms with E-state index < -0.39 is 0 Å². The van der Waals surface area contributed by atoms with Crippen molar-refractivity contribution >= 4 is 0 Å². The van der Waals surface area contributed by atoms with Crippen molar-refractivity contribution in [1.29, 1.82) is 0 Å². The van der Waals surface area contributed by atoms with Crippen molar-refractivity contribution < 1.29 is 0 Å². The molecule has 128 valence electrons. The average molecular weight is 299 g/mol. The maximum Gasteiger partial charge on any atom is -0.00369 e. The second kappa shape index (κ2) is 18.0. The quantitative estimate of drug-likeness (QED) is 0.359. The lowest BCUT2D eigenvalue weighted by Crippen LogP contribution is -2.20. The Balaban J connectivity index is 3.09. The second-order valence-corrected chi connectivity index (χ2v) is 6.76. The zero-order valence-electron chi connectivity index (χ0n) is 15.0. The Bertz CT molecular complexity index is 182. The van der Waals surface area contributed by atoms with Crippen molar-refractivity contribution in [1.82, 2.24) is 5.32 Å². The Morgan fingerprint density at radius 2 is 1.29 bits per heavy atom. The van der Waals surface area contributed by atoms with Crippen LogP contribution in [0.3, 0.4) is 0 Å². The molecule has 0 rings (SSSR count). The number of hydrogen-bond donors (Lipinski definition) is 2. The van der Waals surface area contributed by atoms with Crippen molar-refractivity contribution in [3.63, 3.8) is 0 Å². The molecule has 0 fully saturated rings. The third kappa shape index (κ3) is 17.9. The van der Waals surface area contributed by atoms with Crippen molar-refractivity contribution in [2.24, 2.45) is 11.7 Å². The van der Waals surface area contributed by atoms with E-state index in [0.717, 1.165) is 25.4 Å². The van der Waals surface area contributed by atoms with Gasteiger partial charge < -0.3 is 11.1 Å². The summed E-state index contributed by atoms with van der Waals surface area (Å²) >= 11 is 0. The van der Waals surface area contributed by atoms with Crippen LogP contribution in [-0.4, -0.2) is 19.6 Å². The topological polar surface area (TPSA) is 38.0 Å². The smallest absolute Gasteiger partial charge is 0.00369 e. The van der Waals surface area contributed by atoms with Gasteiger partial charge in [0.15, 0.2) is 0 Å². The summed E-state index contributed by atoms with van der Waals surface area (Å²) < 4.78 is 0. The monoisotopic (exact) mass is 298 g/mol. The normalized spacial score (nSPS) is 12.7. The number of rotatable bonds is 17. The molecule has 0 aromatic carbocycles. The first-order valence-corrected chi connectivity index (χ1v) is 9.72. The fourth-order valence-electron chi connectivity index (χ4n) is 2.83. The summed E-state index contributed by atoms with van der Waals surface area (Å²) in [6.45, 7) is 7.75. The standard InChI is InChI=1S/C19H42N2/c1-3-4-5-6-7-8-9-10-11-12-14-19(2)15-18-21-17-13-16-20/h19,21H,3-18,20H2,1-2H3. The Morgan fingerprint density at radius 3 is 1.86 bits per heavy atom. The minimum Gasteiger partial charge on any atom is -0.330 e. The molecule has 0 aliphatic rings. The van der Waals surface area contributed by atoms with Gasteiger partial charge in [0, 0.05) is 0 Å². The summed E-state index contributed by atoms with van der Waals surface area (Å²) in [5.41, 5.74) is 5.48. The average Bonchev–Trinajstić information content (AvgIpc) is 2.49. The molecule has 1 atom stereocenters. The predicted octanol–water partition coefficient (Wildman–Crippen LogP) is 5.26. The highest BCUT2D eigenvalue weighted by Gasteiger charge is 2.01. The fraction of sp³-hybridized carbons (Fsp3) is 1.00. The molecule has 2 nitrogen and oxygen atoms in total. The second-order valence-electron chi connectivity index (χ2n) is 6.76. The van der Waals surface area contributed by atoms with Crippen LogP contribution in [0.2, 0.25) is 0 Å². The van der Waals surface area contributed by atoms with Crippen LogP contribution in [0, 0.1) is 5.92 Å². The van der Waals surface area contributed by atoms with Crippen molar-refractivity contribution in [3.05, 3.63) is 0 Å². The van der Waals surface area contributed by atoms with Crippen molar-refractivity contribution in [3.8, 4) is 0 Å². The molecule has 0 aliphatic heterocycles. The first-order valence-electron chi connectivity index (χ1n) is 9.72. The van der Waals surface area contributed by atoms with Gasteiger partial charge in [-0.05, 0) is 38.4 Å². The van der Waals surface area contributed by atoms with E-state index >= 15 is 0 Å². The molecule has 0 radical (unpaired) electrons. The summed E-state index contributed by atoms with van der Waals surface area (Å²) in [5.74, 6) is 0.879. The van der Waals surface area contributed by atoms with Crippen LogP contribution in [0.4, 0.5) is 0 Å². The van der Waals surface area contributed by atoms with Gasteiger partial charge in [0.05, 0.1) is 0 Å². The minimum atomic E-state index is 0.807. The lowest BCUT2D eigenvalue weighted by molar-refractivity contribution is 0.440. The van der Waals surface area contributed by atoms with Gasteiger partial charge in [-0.2, -0.15) is 0 Å². The fourth-order valence-corrected chi connectivity index (χ4v) is 2.83. The summed E-state index contributed by atoms with van der Waals surface area (Å²) in [7, 11) is 0. The van der Waals surface area contributed by atoms with Gasteiger partial charge in [-0.25, -0.2) is 0 Å². The van der Waals surface area contributed by atoms with E-state index in [-0.39, 0.29) is 0 Å². The molecule has 0 saturated heterocycles. The van der Waals surface area contributed by atoms with Gasteiger partial charge in [0.1, 0.15) is 0 Å². The van der Waals surface area contributed by atoms with Gasteiger partial charge in [-0.1, -0.05) is 84.5 Å². The zero-order valence-corrected chi connectivity index (χ0v) is 15.0. The largest absolute Gasteiger partial charge is 0.330 e. The van der Waals surface area contributed by atoms with E-state index in [0.29, 0.717) is 0 Å². The lowest BCUT2D eigenvalue weighted by atomic mass is 9.98. The SMILES string of the molecule is CCCCCCCCCCCCC(C)CCNCCCN. The number of nitrogens with one attached hydrogen (secondary N) is 1. The first kappa shape index (κ1) is 20.9.